The molecule has 0 bridgehead atoms. The Bertz CT molecular complexity index is 1560. The standard InChI is InChI=1S/C37H45N3O6/c1-23(2)30-20-31-37(36(44)45-3,33(46-30)25-11-12-25)21-28(19-32(41)38-15-17-39(18-16-38)34(42)26-13-14-26)35(43)40(31)22-27-9-6-8-24-7-4-5-10-29(24)27/h4-10,20,23,25-26,28,30,33H,11-19,21-22H2,1-3H3/t28-,30+,33+,37+/m0/s1. The topological polar surface area (TPSA) is 96.5 Å². The van der Waals surface area contributed by atoms with E-state index in [9.17, 15) is 19.2 Å². The van der Waals surface area contributed by atoms with Crippen LogP contribution in [-0.2, 0) is 35.2 Å². The lowest BCUT2D eigenvalue weighted by Crippen LogP contribution is -2.62. The molecule has 2 aliphatic carbocycles. The van der Waals surface area contributed by atoms with Gasteiger partial charge >= 0.3 is 5.97 Å². The molecule has 5 aliphatic rings. The van der Waals surface area contributed by atoms with Gasteiger partial charge in [-0.25, -0.2) is 0 Å². The lowest BCUT2D eigenvalue weighted by molar-refractivity contribution is -0.182. The van der Waals surface area contributed by atoms with E-state index in [1.165, 1.54) is 7.11 Å². The fourth-order valence-corrected chi connectivity index (χ4v) is 7.92. The fraction of sp³-hybridized carbons (Fsp3) is 0.568. The zero-order valence-electron chi connectivity index (χ0n) is 27.2. The summed E-state index contributed by atoms with van der Waals surface area (Å²) in [5.74, 6) is -0.708. The van der Waals surface area contributed by atoms with Gasteiger partial charge in [0.1, 0.15) is 5.41 Å². The Hall–Kier alpha value is -3.72. The van der Waals surface area contributed by atoms with Crippen LogP contribution in [-0.4, -0.2) is 83.9 Å². The number of hydrogen-bond donors (Lipinski definition) is 0. The van der Waals surface area contributed by atoms with E-state index in [1.807, 2.05) is 35.2 Å². The number of amides is 3. The normalized spacial score (nSPS) is 28.3. The molecule has 2 aromatic rings. The van der Waals surface area contributed by atoms with Gasteiger partial charge in [-0.3, -0.25) is 19.2 Å². The van der Waals surface area contributed by atoms with Crippen LogP contribution in [0.2, 0.25) is 0 Å². The summed E-state index contributed by atoms with van der Waals surface area (Å²) in [4.78, 5) is 60.6. The Labute approximate surface area is 270 Å². The largest absolute Gasteiger partial charge is 0.468 e. The molecule has 3 aliphatic heterocycles. The fourth-order valence-electron chi connectivity index (χ4n) is 7.92. The van der Waals surface area contributed by atoms with Crippen LogP contribution >= 0.6 is 0 Å². The molecule has 244 valence electrons. The van der Waals surface area contributed by atoms with E-state index in [0.29, 0.717) is 31.9 Å². The van der Waals surface area contributed by atoms with Gasteiger partial charge in [-0.05, 0) is 66.4 Å². The Kier molecular flexibility index (Phi) is 8.16. The number of ether oxygens (including phenoxy) is 2. The summed E-state index contributed by atoms with van der Waals surface area (Å²) in [5, 5.41) is 2.12. The second-order valence-corrected chi connectivity index (χ2v) is 14.3. The van der Waals surface area contributed by atoms with Gasteiger partial charge in [0.2, 0.25) is 17.7 Å². The zero-order chi connectivity index (χ0) is 32.2. The van der Waals surface area contributed by atoms with Crippen LogP contribution in [0.4, 0.5) is 0 Å². The van der Waals surface area contributed by atoms with Crippen molar-refractivity contribution < 1.29 is 28.7 Å². The number of benzene rings is 2. The highest BCUT2D eigenvalue weighted by Crippen LogP contribution is 2.57. The van der Waals surface area contributed by atoms with Crippen LogP contribution in [0, 0.1) is 29.1 Å². The number of methoxy groups -OCH3 is 1. The van der Waals surface area contributed by atoms with Crippen LogP contribution < -0.4 is 0 Å². The van der Waals surface area contributed by atoms with Crippen LogP contribution in [0.25, 0.3) is 10.8 Å². The smallest absolute Gasteiger partial charge is 0.320 e. The molecule has 3 amide bonds. The minimum absolute atomic E-state index is 0.00153. The third-order valence-corrected chi connectivity index (χ3v) is 10.8. The Morgan fingerprint density at radius 3 is 2.33 bits per heavy atom. The molecule has 0 spiro atoms. The number of carbonyl (C=O) groups excluding carboxylic acids is 4. The maximum atomic E-state index is 14.7. The average molecular weight is 628 g/mol. The van der Waals surface area contributed by atoms with E-state index in [0.717, 1.165) is 42.0 Å². The molecule has 2 saturated carbocycles. The Balaban J connectivity index is 1.24. The number of fused-ring (bicyclic) bond motifs is 2. The average Bonchev–Trinajstić information content (AvgIpc) is 4.00. The monoisotopic (exact) mass is 627 g/mol. The number of likely N-dealkylation sites (tertiary alicyclic amines) is 1. The van der Waals surface area contributed by atoms with Crippen molar-refractivity contribution in [2.24, 2.45) is 29.1 Å². The first-order chi connectivity index (χ1) is 22.2. The quantitative estimate of drug-likeness (QED) is 0.399. The van der Waals surface area contributed by atoms with E-state index in [-0.39, 0.29) is 61.0 Å². The number of esters is 1. The summed E-state index contributed by atoms with van der Waals surface area (Å²) in [7, 11) is 1.40. The highest BCUT2D eigenvalue weighted by atomic mass is 16.5. The van der Waals surface area contributed by atoms with Gasteiger partial charge in [0, 0.05) is 50.1 Å². The van der Waals surface area contributed by atoms with Gasteiger partial charge < -0.3 is 24.2 Å². The lowest BCUT2D eigenvalue weighted by atomic mass is 9.64. The molecule has 4 fully saturated rings. The van der Waals surface area contributed by atoms with Crippen molar-refractivity contribution >= 4 is 34.5 Å². The van der Waals surface area contributed by atoms with Gasteiger partial charge in [0.15, 0.2) is 0 Å². The molecule has 0 radical (unpaired) electrons. The van der Waals surface area contributed by atoms with Crippen molar-refractivity contribution in [3.8, 4) is 0 Å². The molecule has 9 nitrogen and oxygen atoms in total. The minimum Gasteiger partial charge on any atom is -0.468 e. The van der Waals surface area contributed by atoms with E-state index >= 15 is 0 Å². The molecule has 0 aromatic heterocycles. The SMILES string of the molecule is COC(=O)[C@]12C[C@H](CC(=O)N3CCN(C(=O)C4CC4)CC3)C(=O)N(Cc3cccc4ccccc34)C1=C[C@H](C(C)C)O[C@@H]2C1CC1. The summed E-state index contributed by atoms with van der Waals surface area (Å²) in [6.45, 7) is 6.40. The summed E-state index contributed by atoms with van der Waals surface area (Å²) in [6.07, 6.45) is 5.28. The minimum atomic E-state index is -1.19. The number of hydrogen-bond acceptors (Lipinski definition) is 6. The highest BCUT2D eigenvalue weighted by molar-refractivity contribution is 5.94. The van der Waals surface area contributed by atoms with E-state index < -0.39 is 23.4 Å². The van der Waals surface area contributed by atoms with E-state index in [1.54, 1.807) is 9.80 Å². The van der Waals surface area contributed by atoms with Crippen LogP contribution in [0.3, 0.4) is 0 Å². The molecule has 0 N–H and O–H groups in total. The molecular formula is C37H45N3O6. The van der Waals surface area contributed by atoms with Crippen molar-refractivity contribution in [2.75, 3.05) is 33.3 Å². The van der Waals surface area contributed by atoms with Crippen LogP contribution in [0.1, 0.15) is 57.9 Å². The third-order valence-electron chi connectivity index (χ3n) is 10.8. The maximum absolute atomic E-state index is 14.7. The first-order valence-electron chi connectivity index (χ1n) is 17.0. The second-order valence-electron chi connectivity index (χ2n) is 14.3. The summed E-state index contributed by atoms with van der Waals surface area (Å²) < 4.78 is 12.3. The molecule has 7 rings (SSSR count). The first kappa shape index (κ1) is 30.9. The first-order valence-corrected chi connectivity index (χ1v) is 17.0. The third kappa shape index (κ3) is 5.50. The Morgan fingerprint density at radius 2 is 1.65 bits per heavy atom. The van der Waals surface area contributed by atoms with Crippen molar-refractivity contribution in [1.82, 2.24) is 14.7 Å². The van der Waals surface area contributed by atoms with Gasteiger partial charge in [-0.2, -0.15) is 0 Å². The summed E-state index contributed by atoms with van der Waals surface area (Å²) in [5.41, 5.74) is 0.445. The summed E-state index contributed by atoms with van der Waals surface area (Å²) >= 11 is 0. The highest BCUT2D eigenvalue weighted by Gasteiger charge is 2.64. The number of nitrogens with zero attached hydrogens (tertiary/aromatic N) is 3. The van der Waals surface area contributed by atoms with Crippen molar-refractivity contribution in [3.63, 3.8) is 0 Å². The number of rotatable bonds is 8. The molecule has 4 atom stereocenters. The second kappa shape index (κ2) is 12.1. The van der Waals surface area contributed by atoms with Gasteiger partial charge in [0.25, 0.3) is 0 Å². The zero-order valence-corrected chi connectivity index (χ0v) is 27.2. The summed E-state index contributed by atoms with van der Waals surface area (Å²) in [6, 6.07) is 14.2. The molecule has 2 aromatic carbocycles. The number of piperazine rings is 1. The van der Waals surface area contributed by atoms with Gasteiger partial charge in [0.05, 0.1) is 25.9 Å². The van der Waals surface area contributed by atoms with E-state index in [2.05, 4.69) is 32.0 Å². The van der Waals surface area contributed by atoms with Gasteiger partial charge in [-0.1, -0.05) is 56.3 Å². The van der Waals surface area contributed by atoms with Crippen molar-refractivity contribution in [2.45, 2.75) is 71.1 Å². The predicted octanol–water partition coefficient (Wildman–Crippen LogP) is 4.54. The Morgan fingerprint density at radius 1 is 0.957 bits per heavy atom. The number of carbonyl (C=O) groups is 4. The lowest BCUT2D eigenvalue weighted by Gasteiger charge is -2.53. The molecule has 46 heavy (non-hydrogen) atoms. The predicted molar refractivity (Wildman–Crippen MR) is 172 cm³/mol. The van der Waals surface area contributed by atoms with Gasteiger partial charge in [-0.15, -0.1) is 0 Å². The molecule has 9 heteroatoms. The van der Waals surface area contributed by atoms with Crippen molar-refractivity contribution in [3.05, 3.63) is 59.8 Å². The molecule has 2 saturated heterocycles. The van der Waals surface area contributed by atoms with Crippen LogP contribution in [0.15, 0.2) is 54.2 Å². The number of piperidine rings is 1. The molecular weight excluding hydrogens is 582 g/mol. The molecule has 0 unspecified atom stereocenters. The van der Waals surface area contributed by atoms with Crippen LogP contribution in [0.5, 0.6) is 0 Å². The molecule has 3 heterocycles. The van der Waals surface area contributed by atoms with E-state index in [4.69, 9.17) is 9.47 Å². The maximum Gasteiger partial charge on any atom is 0.320 e. The van der Waals surface area contributed by atoms with Crippen molar-refractivity contribution in [1.29, 1.82) is 0 Å².